The van der Waals surface area contributed by atoms with Crippen LogP contribution < -0.4 is 14.5 Å². The van der Waals surface area contributed by atoms with E-state index in [1.165, 1.54) is 58.8 Å². The molecule has 4 aliphatic rings. The lowest BCUT2D eigenvalue weighted by Crippen LogP contribution is -2.49. The van der Waals surface area contributed by atoms with Crippen LogP contribution in [0, 0.1) is 0 Å². The van der Waals surface area contributed by atoms with Gasteiger partial charge in [-0.3, -0.25) is 4.79 Å². The van der Waals surface area contributed by atoms with Crippen LogP contribution in [0.3, 0.4) is 0 Å². The van der Waals surface area contributed by atoms with Crippen LogP contribution in [0.4, 0.5) is 11.5 Å². The Kier molecular flexibility index (Phi) is 7.78. The van der Waals surface area contributed by atoms with Crippen LogP contribution in [0.5, 0.6) is 11.8 Å². The molecule has 0 spiro atoms. The minimum absolute atomic E-state index is 0.00785. The molecule has 0 saturated carbocycles. The third-order valence-corrected chi connectivity index (χ3v) is 9.64. The number of hydrogen-bond acceptors (Lipinski definition) is 7. The third kappa shape index (κ3) is 5.60. The molecule has 0 atom stereocenters. The van der Waals surface area contributed by atoms with Gasteiger partial charge in [-0.1, -0.05) is 30.8 Å². The van der Waals surface area contributed by atoms with Gasteiger partial charge in [-0.15, -0.1) is 0 Å². The van der Waals surface area contributed by atoms with Gasteiger partial charge in [0.2, 0.25) is 5.91 Å². The Morgan fingerprint density at radius 1 is 0.791 bits per heavy atom. The van der Waals surface area contributed by atoms with E-state index in [4.69, 9.17) is 14.7 Å². The number of fused-ring (bicyclic) bond motifs is 3. The molecule has 224 valence electrons. The summed E-state index contributed by atoms with van der Waals surface area (Å²) in [6.45, 7) is 10.1. The van der Waals surface area contributed by atoms with E-state index in [2.05, 4.69) is 64.7 Å². The van der Waals surface area contributed by atoms with Crippen molar-refractivity contribution in [3.63, 3.8) is 0 Å². The zero-order valence-electron chi connectivity index (χ0n) is 25.4. The molecule has 2 aromatic carbocycles. The maximum atomic E-state index is 12.3. The molecule has 1 fully saturated rings. The van der Waals surface area contributed by atoms with Crippen molar-refractivity contribution in [1.29, 1.82) is 0 Å². The Labute approximate surface area is 255 Å². The lowest BCUT2D eigenvalue weighted by Gasteiger charge is -2.36. The number of aryl methyl sites for hydroxylation is 1. The fourth-order valence-corrected chi connectivity index (χ4v) is 7.34. The maximum Gasteiger partial charge on any atom is 0.324 e. The first-order valence-electron chi connectivity index (χ1n) is 16.0. The first-order chi connectivity index (χ1) is 21.1. The Morgan fingerprint density at radius 2 is 1.58 bits per heavy atom. The van der Waals surface area contributed by atoms with Crippen LogP contribution in [-0.2, 0) is 43.6 Å². The standard InChI is InChI=1S/C35H42N6O2/c1-3-33(42)39-19-21-40(22-20-39)34-29-13-8-17-41(31-14-6-10-25-9-4-5-12-27(25)31)24-30(29)36-35(37-34)43-32-15-7-11-26-23-38(2)18-16-28(26)32/h3,6-7,10-11,14-15H,1,4-5,8-9,12-13,16-24H2,2H3. The second kappa shape index (κ2) is 12.0. The van der Waals surface area contributed by atoms with Crippen molar-refractivity contribution in [2.45, 2.75) is 58.0 Å². The number of benzene rings is 2. The van der Waals surface area contributed by atoms with Crippen molar-refractivity contribution in [2.24, 2.45) is 0 Å². The molecular weight excluding hydrogens is 536 g/mol. The zero-order chi connectivity index (χ0) is 29.3. The van der Waals surface area contributed by atoms with E-state index in [0.717, 1.165) is 82.2 Å². The molecule has 1 aliphatic carbocycles. The highest BCUT2D eigenvalue weighted by atomic mass is 16.5. The summed E-state index contributed by atoms with van der Waals surface area (Å²) >= 11 is 0. The van der Waals surface area contributed by atoms with Gasteiger partial charge >= 0.3 is 6.01 Å². The summed E-state index contributed by atoms with van der Waals surface area (Å²) in [6, 6.07) is 13.6. The minimum Gasteiger partial charge on any atom is -0.424 e. The van der Waals surface area contributed by atoms with Crippen LogP contribution in [0.15, 0.2) is 49.1 Å². The highest BCUT2D eigenvalue weighted by molar-refractivity contribution is 5.87. The van der Waals surface area contributed by atoms with E-state index in [9.17, 15) is 4.79 Å². The van der Waals surface area contributed by atoms with Gasteiger partial charge in [-0.25, -0.2) is 0 Å². The summed E-state index contributed by atoms with van der Waals surface area (Å²) in [4.78, 5) is 31.6. The molecule has 43 heavy (non-hydrogen) atoms. The van der Waals surface area contributed by atoms with Gasteiger partial charge in [0.05, 0.1) is 12.2 Å². The number of carbonyl (C=O) groups excluding carboxylic acids is 1. The fourth-order valence-electron chi connectivity index (χ4n) is 7.34. The molecule has 7 rings (SSSR count). The number of carbonyl (C=O) groups is 1. The number of ether oxygens (including phenoxy) is 1. The Balaban J connectivity index is 1.25. The van der Waals surface area contributed by atoms with Crippen molar-refractivity contribution in [3.8, 4) is 11.8 Å². The first kappa shape index (κ1) is 27.9. The van der Waals surface area contributed by atoms with Gasteiger partial charge in [0, 0.05) is 62.6 Å². The summed E-state index contributed by atoms with van der Waals surface area (Å²) < 4.78 is 6.59. The number of amides is 1. The quantitative estimate of drug-likeness (QED) is 0.398. The molecule has 8 heteroatoms. The average Bonchev–Trinajstić information content (AvgIpc) is 3.26. The summed E-state index contributed by atoms with van der Waals surface area (Å²) in [5.74, 6) is 1.82. The van der Waals surface area contributed by atoms with Gasteiger partial charge < -0.3 is 24.3 Å². The number of anilines is 2. The number of nitrogens with zero attached hydrogens (tertiary/aromatic N) is 6. The molecule has 3 aromatic rings. The number of likely N-dealkylation sites (N-methyl/N-ethyl adjacent to an activating group) is 1. The molecule has 0 radical (unpaired) electrons. The second-order valence-electron chi connectivity index (χ2n) is 12.4. The molecule has 1 saturated heterocycles. The predicted octanol–water partition coefficient (Wildman–Crippen LogP) is 4.92. The highest BCUT2D eigenvalue weighted by Crippen LogP contribution is 2.37. The summed E-state index contributed by atoms with van der Waals surface area (Å²) in [5.41, 5.74) is 9.24. The van der Waals surface area contributed by atoms with Crippen LogP contribution in [0.25, 0.3) is 0 Å². The van der Waals surface area contributed by atoms with Crippen molar-refractivity contribution in [1.82, 2.24) is 19.8 Å². The molecule has 3 aliphatic heterocycles. The SMILES string of the molecule is C=CC(=O)N1CCN(c2nc(Oc3cccc4c3CCN(C)C4)nc3c2CCCN(c2cccc4c2CCCC4)C3)CC1. The Morgan fingerprint density at radius 3 is 2.44 bits per heavy atom. The lowest BCUT2D eigenvalue weighted by atomic mass is 9.90. The zero-order valence-corrected chi connectivity index (χ0v) is 25.4. The second-order valence-corrected chi connectivity index (χ2v) is 12.4. The van der Waals surface area contributed by atoms with Gasteiger partial charge in [-0.2, -0.15) is 9.97 Å². The normalized spacial score (nSPS) is 18.8. The van der Waals surface area contributed by atoms with E-state index >= 15 is 0 Å². The number of rotatable bonds is 5. The van der Waals surface area contributed by atoms with Crippen molar-refractivity contribution >= 4 is 17.4 Å². The van der Waals surface area contributed by atoms with Crippen molar-refractivity contribution < 1.29 is 9.53 Å². The van der Waals surface area contributed by atoms with Crippen LogP contribution >= 0.6 is 0 Å². The molecular formula is C35H42N6O2. The van der Waals surface area contributed by atoms with Crippen LogP contribution in [-0.4, -0.2) is 72.0 Å². The van der Waals surface area contributed by atoms with Gasteiger partial charge in [-0.05, 0) is 86.9 Å². The first-order valence-corrected chi connectivity index (χ1v) is 16.0. The molecule has 0 unspecified atom stereocenters. The molecule has 1 aromatic heterocycles. The van der Waals surface area contributed by atoms with Gasteiger partial charge in [0.1, 0.15) is 11.6 Å². The predicted molar refractivity (Wildman–Crippen MR) is 170 cm³/mol. The molecule has 8 nitrogen and oxygen atoms in total. The number of piperazine rings is 1. The summed E-state index contributed by atoms with van der Waals surface area (Å²) in [5, 5.41) is 0. The highest BCUT2D eigenvalue weighted by Gasteiger charge is 2.29. The third-order valence-electron chi connectivity index (χ3n) is 9.64. The van der Waals surface area contributed by atoms with Crippen LogP contribution in [0.2, 0.25) is 0 Å². The topological polar surface area (TPSA) is 65.0 Å². The molecule has 0 bridgehead atoms. The summed E-state index contributed by atoms with van der Waals surface area (Å²) in [7, 11) is 2.16. The lowest BCUT2D eigenvalue weighted by molar-refractivity contribution is -0.126. The average molecular weight is 579 g/mol. The van der Waals surface area contributed by atoms with Gasteiger partial charge in [0.15, 0.2) is 0 Å². The maximum absolute atomic E-state index is 12.3. The van der Waals surface area contributed by atoms with Crippen molar-refractivity contribution in [3.05, 3.63) is 82.6 Å². The van der Waals surface area contributed by atoms with E-state index in [0.29, 0.717) is 19.1 Å². The smallest absolute Gasteiger partial charge is 0.324 e. The van der Waals surface area contributed by atoms with Gasteiger partial charge in [0.25, 0.3) is 0 Å². The molecule has 1 amide bonds. The van der Waals surface area contributed by atoms with E-state index in [-0.39, 0.29) is 5.91 Å². The number of aromatic nitrogens is 2. The fraction of sp³-hybridized carbons (Fsp3) is 0.457. The Hall–Kier alpha value is -3.91. The Bertz CT molecular complexity index is 1530. The van der Waals surface area contributed by atoms with E-state index in [1.54, 1.807) is 0 Å². The van der Waals surface area contributed by atoms with Crippen LogP contribution in [0.1, 0.15) is 52.8 Å². The van der Waals surface area contributed by atoms with E-state index in [1.807, 2.05) is 4.90 Å². The number of hydrogen-bond donors (Lipinski definition) is 0. The largest absolute Gasteiger partial charge is 0.424 e. The minimum atomic E-state index is -0.00785. The molecule has 0 N–H and O–H groups in total. The molecule has 4 heterocycles. The monoisotopic (exact) mass is 578 g/mol. The van der Waals surface area contributed by atoms with Crippen molar-refractivity contribution in [2.75, 3.05) is 56.1 Å². The van der Waals surface area contributed by atoms with E-state index < -0.39 is 0 Å². The summed E-state index contributed by atoms with van der Waals surface area (Å²) in [6.07, 6.45) is 9.20.